The SMILES string of the molecule is COc1cc([C@@H]2/C(=C(\O)c3ccc(Cl)cc3)C(=O)C(=O)N2Cc2cccnc2)ccc1O. The number of likely N-dealkylation sites (tertiary alicyclic amines) is 1. The number of carbonyl (C=O) groups is 2. The third-order valence-electron chi connectivity index (χ3n) is 5.25. The van der Waals surface area contributed by atoms with Crippen molar-refractivity contribution in [2.24, 2.45) is 0 Å². The van der Waals surface area contributed by atoms with Gasteiger partial charge in [-0.1, -0.05) is 23.7 Å². The van der Waals surface area contributed by atoms with Crippen LogP contribution in [0.15, 0.2) is 72.6 Å². The molecule has 4 rings (SSSR count). The lowest BCUT2D eigenvalue weighted by Crippen LogP contribution is -2.29. The number of Topliss-reactive ketones (excluding diaryl/α,β-unsaturated/α-hetero) is 1. The second kappa shape index (κ2) is 8.72. The number of ketones is 1. The Hall–Kier alpha value is -3.84. The van der Waals surface area contributed by atoms with E-state index in [-0.39, 0.29) is 29.4 Å². The highest BCUT2D eigenvalue weighted by Crippen LogP contribution is 2.42. The molecule has 7 nitrogen and oxygen atoms in total. The van der Waals surface area contributed by atoms with Crippen molar-refractivity contribution in [3.8, 4) is 11.5 Å². The number of ether oxygens (including phenoxy) is 1. The van der Waals surface area contributed by atoms with Crippen LogP contribution in [0.1, 0.15) is 22.7 Å². The molecule has 1 amide bonds. The summed E-state index contributed by atoms with van der Waals surface area (Å²) >= 11 is 5.94. The minimum absolute atomic E-state index is 0.0612. The van der Waals surface area contributed by atoms with Gasteiger partial charge in [-0.3, -0.25) is 14.6 Å². The second-order valence-corrected chi connectivity index (χ2v) is 7.66. The molecule has 0 radical (unpaired) electrons. The number of carbonyl (C=O) groups excluding carboxylic acids is 2. The molecule has 0 saturated carbocycles. The first-order valence-electron chi connectivity index (χ1n) is 9.71. The first kappa shape index (κ1) is 21.4. The molecule has 162 valence electrons. The molecule has 0 unspecified atom stereocenters. The fraction of sp³-hybridized carbons (Fsp3) is 0.125. The normalized spacial score (nSPS) is 17.6. The van der Waals surface area contributed by atoms with Crippen molar-refractivity contribution >= 4 is 29.1 Å². The number of aromatic hydroxyl groups is 1. The Labute approximate surface area is 189 Å². The van der Waals surface area contributed by atoms with Crippen LogP contribution in [-0.2, 0) is 16.1 Å². The van der Waals surface area contributed by atoms with Crippen LogP contribution in [0.3, 0.4) is 0 Å². The van der Waals surface area contributed by atoms with Crippen LogP contribution in [0.5, 0.6) is 11.5 Å². The number of rotatable bonds is 5. The molecule has 32 heavy (non-hydrogen) atoms. The molecule has 1 fully saturated rings. The topological polar surface area (TPSA) is 100.0 Å². The molecule has 0 aliphatic carbocycles. The van der Waals surface area contributed by atoms with Crippen LogP contribution in [0.4, 0.5) is 0 Å². The van der Waals surface area contributed by atoms with Gasteiger partial charge >= 0.3 is 0 Å². The van der Waals surface area contributed by atoms with Crippen molar-refractivity contribution in [3.63, 3.8) is 0 Å². The van der Waals surface area contributed by atoms with Crippen molar-refractivity contribution < 1.29 is 24.5 Å². The number of pyridine rings is 1. The summed E-state index contributed by atoms with van der Waals surface area (Å²) in [5, 5.41) is 21.5. The highest BCUT2D eigenvalue weighted by atomic mass is 35.5. The molecule has 2 N–H and O–H groups in total. The first-order chi connectivity index (χ1) is 15.4. The third-order valence-corrected chi connectivity index (χ3v) is 5.50. The Morgan fingerprint density at radius 1 is 1.16 bits per heavy atom. The van der Waals surface area contributed by atoms with Crippen molar-refractivity contribution in [2.45, 2.75) is 12.6 Å². The number of hydrogen-bond acceptors (Lipinski definition) is 6. The molecule has 8 heteroatoms. The zero-order valence-electron chi connectivity index (χ0n) is 17.0. The fourth-order valence-electron chi connectivity index (χ4n) is 3.71. The van der Waals surface area contributed by atoms with Crippen LogP contribution in [0.25, 0.3) is 5.76 Å². The molecule has 1 aliphatic heterocycles. The number of aliphatic hydroxyl groups is 1. The van der Waals surface area contributed by atoms with Crippen LogP contribution in [-0.4, -0.2) is 38.9 Å². The predicted molar refractivity (Wildman–Crippen MR) is 118 cm³/mol. The minimum Gasteiger partial charge on any atom is -0.507 e. The quantitative estimate of drug-likeness (QED) is 0.345. The fourth-order valence-corrected chi connectivity index (χ4v) is 3.83. The van der Waals surface area contributed by atoms with Crippen LogP contribution in [0, 0.1) is 0 Å². The Morgan fingerprint density at radius 2 is 1.91 bits per heavy atom. The Balaban J connectivity index is 1.89. The average Bonchev–Trinajstić information content (AvgIpc) is 3.05. The van der Waals surface area contributed by atoms with Gasteiger partial charge in [0, 0.05) is 29.5 Å². The monoisotopic (exact) mass is 450 g/mol. The lowest BCUT2D eigenvalue weighted by atomic mass is 9.95. The zero-order chi connectivity index (χ0) is 22.8. The number of methoxy groups -OCH3 is 1. The Bertz CT molecular complexity index is 1210. The van der Waals surface area contributed by atoms with E-state index in [1.54, 1.807) is 54.9 Å². The second-order valence-electron chi connectivity index (χ2n) is 7.23. The number of aliphatic hydroxyl groups excluding tert-OH is 1. The van der Waals surface area contributed by atoms with Gasteiger partial charge in [-0.2, -0.15) is 0 Å². The highest BCUT2D eigenvalue weighted by Gasteiger charge is 2.46. The van der Waals surface area contributed by atoms with Gasteiger partial charge in [0.2, 0.25) is 0 Å². The summed E-state index contributed by atoms with van der Waals surface area (Å²) in [6.07, 6.45) is 3.22. The number of nitrogens with zero attached hydrogens (tertiary/aromatic N) is 2. The smallest absolute Gasteiger partial charge is 0.295 e. The number of phenolic OH excluding ortho intramolecular Hbond substituents is 1. The van der Waals surface area contributed by atoms with Gasteiger partial charge in [-0.25, -0.2) is 0 Å². The van der Waals surface area contributed by atoms with E-state index in [4.69, 9.17) is 16.3 Å². The number of aromatic nitrogens is 1. The molecule has 1 aliphatic rings. The van der Waals surface area contributed by atoms with Crippen LogP contribution >= 0.6 is 11.6 Å². The van der Waals surface area contributed by atoms with E-state index >= 15 is 0 Å². The van der Waals surface area contributed by atoms with Crippen LogP contribution in [0.2, 0.25) is 5.02 Å². The van der Waals surface area contributed by atoms with E-state index in [2.05, 4.69) is 4.98 Å². The molecular weight excluding hydrogens is 432 g/mol. The Kier molecular flexibility index (Phi) is 5.83. The number of phenols is 1. The van der Waals surface area contributed by atoms with E-state index < -0.39 is 17.7 Å². The van der Waals surface area contributed by atoms with Crippen molar-refractivity contribution in [2.75, 3.05) is 7.11 Å². The highest BCUT2D eigenvalue weighted by molar-refractivity contribution is 6.46. The van der Waals surface area contributed by atoms with Crippen molar-refractivity contribution in [3.05, 3.63) is 94.3 Å². The molecule has 0 bridgehead atoms. The number of hydrogen-bond donors (Lipinski definition) is 2. The van der Waals surface area contributed by atoms with E-state index in [1.165, 1.54) is 24.1 Å². The summed E-state index contributed by atoms with van der Waals surface area (Å²) in [5.41, 5.74) is 1.51. The lowest BCUT2D eigenvalue weighted by Gasteiger charge is -2.25. The molecule has 1 saturated heterocycles. The third kappa shape index (κ3) is 3.90. The number of halogens is 1. The van der Waals surface area contributed by atoms with Gasteiger partial charge in [-0.05, 0) is 53.6 Å². The van der Waals surface area contributed by atoms with E-state index in [9.17, 15) is 19.8 Å². The summed E-state index contributed by atoms with van der Waals surface area (Å²) in [6, 6.07) is 13.5. The lowest BCUT2D eigenvalue weighted by molar-refractivity contribution is -0.140. The standard InChI is InChI=1S/C24H19ClN2O5/c1-32-19-11-16(6-9-18(19)28)21-20(22(29)15-4-7-17(25)8-5-15)23(30)24(31)27(21)13-14-3-2-10-26-12-14/h2-12,21,28-29H,13H2,1H3/b22-20+/t21-/m1/s1. The van der Waals surface area contributed by atoms with Crippen molar-refractivity contribution in [1.29, 1.82) is 0 Å². The number of amides is 1. The maximum absolute atomic E-state index is 13.1. The van der Waals surface area contributed by atoms with Crippen LogP contribution < -0.4 is 4.74 Å². The van der Waals surface area contributed by atoms with Gasteiger partial charge in [0.15, 0.2) is 11.5 Å². The molecule has 2 heterocycles. The van der Waals surface area contributed by atoms with Gasteiger partial charge in [0.25, 0.3) is 11.7 Å². The summed E-state index contributed by atoms with van der Waals surface area (Å²) in [5.74, 6) is -1.77. The maximum Gasteiger partial charge on any atom is 0.295 e. The molecule has 1 atom stereocenters. The Morgan fingerprint density at radius 3 is 2.56 bits per heavy atom. The summed E-state index contributed by atoms with van der Waals surface area (Å²) in [4.78, 5) is 31.5. The zero-order valence-corrected chi connectivity index (χ0v) is 17.8. The minimum atomic E-state index is -0.902. The summed E-state index contributed by atoms with van der Waals surface area (Å²) in [6.45, 7) is 0.101. The van der Waals surface area contributed by atoms with Gasteiger partial charge in [0.1, 0.15) is 5.76 Å². The molecule has 3 aromatic rings. The first-order valence-corrected chi connectivity index (χ1v) is 10.1. The summed E-state index contributed by atoms with van der Waals surface area (Å²) in [7, 11) is 1.40. The van der Waals surface area contributed by atoms with Crippen molar-refractivity contribution in [1.82, 2.24) is 9.88 Å². The van der Waals surface area contributed by atoms with E-state index in [0.29, 0.717) is 16.1 Å². The van der Waals surface area contributed by atoms with E-state index in [0.717, 1.165) is 5.56 Å². The van der Waals surface area contributed by atoms with Gasteiger partial charge < -0.3 is 19.8 Å². The maximum atomic E-state index is 13.1. The van der Waals surface area contributed by atoms with Gasteiger partial charge in [0.05, 0.1) is 18.7 Å². The largest absolute Gasteiger partial charge is 0.507 e. The molecular formula is C24H19ClN2O5. The van der Waals surface area contributed by atoms with E-state index in [1.807, 2.05) is 0 Å². The summed E-state index contributed by atoms with van der Waals surface area (Å²) < 4.78 is 5.20. The molecule has 2 aromatic carbocycles. The predicted octanol–water partition coefficient (Wildman–Crippen LogP) is 4.07. The van der Waals surface area contributed by atoms with Gasteiger partial charge in [-0.15, -0.1) is 0 Å². The molecule has 1 aromatic heterocycles. The average molecular weight is 451 g/mol. The molecule has 0 spiro atoms. The number of benzene rings is 2.